The van der Waals surface area contributed by atoms with E-state index in [0.717, 1.165) is 11.3 Å². The Morgan fingerprint density at radius 3 is 3.00 bits per heavy atom. The van der Waals surface area contributed by atoms with Gasteiger partial charge >= 0.3 is 5.76 Å². The van der Waals surface area contributed by atoms with Crippen molar-refractivity contribution in [3.63, 3.8) is 0 Å². The number of amides is 1. The maximum absolute atomic E-state index is 12.1. The summed E-state index contributed by atoms with van der Waals surface area (Å²) in [6.45, 7) is 0.729. The molecule has 138 valence electrons. The molecule has 0 saturated heterocycles. The highest BCUT2D eigenvalue weighted by Crippen LogP contribution is 2.18. The summed E-state index contributed by atoms with van der Waals surface area (Å²) in [6, 6.07) is 10.8. The summed E-state index contributed by atoms with van der Waals surface area (Å²) < 4.78 is 8.54. The molecule has 0 bridgehead atoms. The second kappa shape index (κ2) is 7.28. The molecule has 0 aliphatic carbocycles. The molecule has 8 heteroatoms. The van der Waals surface area contributed by atoms with Crippen LogP contribution in [0.1, 0.15) is 12.1 Å². The molecule has 4 rings (SSSR count). The Morgan fingerprint density at radius 1 is 1.26 bits per heavy atom. The van der Waals surface area contributed by atoms with E-state index < -0.39 is 5.76 Å². The Labute approximate surface area is 159 Å². The number of hydrogen-bond donors (Lipinski definition) is 1. The van der Waals surface area contributed by atoms with E-state index in [9.17, 15) is 9.59 Å². The third-order valence-corrected chi connectivity index (χ3v) is 4.55. The second-order valence-corrected chi connectivity index (χ2v) is 6.62. The van der Waals surface area contributed by atoms with E-state index in [2.05, 4.69) is 10.3 Å². The molecule has 27 heavy (non-hydrogen) atoms. The number of hydrogen-bond acceptors (Lipinski definition) is 4. The molecule has 0 aliphatic heterocycles. The lowest BCUT2D eigenvalue weighted by Gasteiger charge is -2.05. The molecule has 0 spiro atoms. The number of oxazole rings is 1. The van der Waals surface area contributed by atoms with Crippen LogP contribution in [-0.2, 0) is 17.8 Å². The Kier molecular flexibility index (Phi) is 4.68. The molecule has 0 radical (unpaired) electrons. The highest BCUT2D eigenvalue weighted by atomic mass is 35.5. The maximum atomic E-state index is 12.1. The van der Waals surface area contributed by atoms with Crippen molar-refractivity contribution in [3.05, 3.63) is 70.1 Å². The maximum Gasteiger partial charge on any atom is 0.419 e. The van der Waals surface area contributed by atoms with Gasteiger partial charge in [0.25, 0.3) is 0 Å². The average molecular weight is 385 g/mol. The SMILES string of the molecule is O=C(CCn1c(=O)oc2cc(Cl)ccc21)NCCc1cn2ccccc2n1. The molecule has 0 unspecified atom stereocenters. The minimum Gasteiger partial charge on any atom is -0.408 e. The van der Waals surface area contributed by atoms with E-state index >= 15 is 0 Å². The number of nitrogens with zero attached hydrogens (tertiary/aromatic N) is 3. The van der Waals surface area contributed by atoms with Gasteiger partial charge in [0.2, 0.25) is 5.91 Å². The first-order valence-electron chi connectivity index (χ1n) is 8.58. The Bertz CT molecular complexity index is 1140. The molecule has 1 aromatic carbocycles. The highest BCUT2D eigenvalue weighted by molar-refractivity contribution is 6.31. The number of aromatic nitrogens is 3. The summed E-state index contributed by atoms with van der Waals surface area (Å²) in [4.78, 5) is 28.5. The summed E-state index contributed by atoms with van der Waals surface area (Å²) in [7, 11) is 0. The van der Waals surface area contributed by atoms with E-state index in [1.165, 1.54) is 4.57 Å². The van der Waals surface area contributed by atoms with Crippen molar-refractivity contribution < 1.29 is 9.21 Å². The van der Waals surface area contributed by atoms with E-state index in [4.69, 9.17) is 16.0 Å². The number of benzene rings is 1. The van der Waals surface area contributed by atoms with Crippen LogP contribution in [0, 0.1) is 0 Å². The van der Waals surface area contributed by atoms with Gasteiger partial charge in [0.15, 0.2) is 5.58 Å². The van der Waals surface area contributed by atoms with Gasteiger partial charge in [-0.3, -0.25) is 9.36 Å². The largest absolute Gasteiger partial charge is 0.419 e. The number of halogens is 1. The quantitative estimate of drug-likeness (QED) is 0.554. The van der Waals surface area contributed by atoms with Crippen molar-refractivity contribution in [3.8, 4) is 0 Å². The predicted molar refractivity (Wildman–Crippen MR) is 102 cm³/mol. The summed E-state index contributed by atoms with van der Waals surface area (Å²) in [5.41, 5.74) is 2.84. The van der Waals surface area contributed by atoms with Crippen LogP contribution in [0.25, 0.3) is 16.7 Å². The van der Waals surface area contributed by atoms with E-state index in [-0.39, 0.29) is 18.9 Å². The topological polar surface area (TPSA) is 81.5 Å². The molecule has 1 N–H and O–H groups in total. The molecule has 0 aliphatic rings. The minimum absolute atomic E-state index is 0.131. The number of fused-ring (bicyclic) bond motifs is 2. The van der Waals surface area contributed by atoms with Crippen LogP contribution in [0.4, 0.5) is 0 Å². The molecule has 0 atom stereocenters. The van der Waals surface area contributed by atoms with Crippen LogP contribution in [-0.4, -0.2) is 26.4 Å². The lowest BCUT2D eigenvalue weighted by molar-refractivity contribution is -0.121. The number of carbonyl (C=O) groups excluding carboxylic acids is 1. The van der Waals surface area contributed by atoms with Crippen molar-refractivity contribution in [2.75, 3.05) is 6.54 Å². The predicted octanol–water partition coefficient (Wildman–Crippen LogP) is 2.64. The molecule has 4 aromatic rings. The van der Waals surface area contributed by atoms with Gasteiger partial charge in [-0.1, -0.05) is 17.7 Å². The van der Waals surface area contributed by atoms with Crippen molar-refractivity contribution in [1.29, 1.82) is 0 Å². The van der Waals surface area contributed by atoms with Crippen LogP contribution >= 0.6 is 11.6 Å². The fourth-order valence-electron chi connectivity index (χ4n) is 2.99. The summed E-state index contributed by atoms with van der Waals surface area (Å²) >= 11 is 5.90. The molecule has 1 amide bonds. The third kappa shape index (κ3) is 3.73. The lowest BCUT2D eigenvalue weighted by Crippen LogP contribution is -2.28. The van der Waals surface area contributed by atoms with Gasteiger partial charge in [-0.05, 0) is 24.3 Å². The standard InChI is InChI=1S/C19H17ClN4O3/c20-13-4-5-15-16(11-13)27-19(26)24(15)10-7-18(25)21-8-6-14-12-23-9-2-1-3-17(23)22-14/h1-5,9,11-12H,6-8,10H2,(H,21,25). The number of aryl methyl sites for hydroxylation is 1. The second-order valence-electron chi connectivity index (χ2n) is 6.18. The zero-order valence-electron chi connectivity index (χ0n) is 14.4. The van der Waals surface area contributed by atoms with Crippen LogP contribution in [0.15, 0.2) is 58.0 Å². The molecule has 0 fully saturated rings. The summed E-state index contributed by atoms with van der Waals surface area (Å²) in [5.74, 6) is -0.626. The summed E-state index contributed by atoms with van der Waals surface area (Å²) in [6.07, 6.45) is 4.71. The molecule has 3 heterocycles. The number of nitrogens with one attached hydrogen (secondary N) is 1. The Balaban J connectivity index is 1.32. The van der Waals surface area contributed by atoms with Crippen molar-refractivity contribution in [1.82, 2.24) is 19.3 Å². The van der Waals surface area contributed by atoms with Gasteiger partial charge in [0.1, 0.15) is 5.65 Å². The first-order valence-corrected chi connectivity index (χ1v) is 8.96. The fourth-order valence-corrected chi connectivity index (χ4v) is 3.15. The van der Waals surface area contributed by atoms with Gasteiger partial charge < -0.3 is 14.1 Å². The van der Waals surface area contributed by atoms with Gasteiger partial charge in [-0.25, -0.2) is 9.78 Å². The number of imidazole rings is 1. The summed E-state index contributed by atoms with van der Waals surface area (Å²) in [5, 5.41) is 3.35. The van der Waals surface area contributed by atoms with Crippen molar-refractivity contribution >= 4 is 34.3 Å². The first kappa shape index (κ1) is 17.4. The monoisotopic (exact) mass is 384 g/mol. The van der Waals surface area contributed by atoms with E-state index in [1.807, 2.05) is 35.0 Å². The van der Waals surface area contributed by atoms with Crippen LogP contribution in [0.3, 0.4) is 0 Å². The van der Waals surface area contributed by atoms with Crippen LogP contribution in [0.5, 0.6) is 0 Å². The first-order chi connectivity index (χ1) is 13.1. The smallest absolute Gasteiger partial charge is 0.408 e. The molecule has 3 aromatic heterocycles. The molecule has 7 nitrogen and oxygen atoms in total. The highest BCUT2D eigenvalue weighted by Gasteiger charge is 2.11. The van der Waals surface area contributed by atoms with Gasteiger partial charge in [0, 0.05) is 49.4 Å². The fraction of sp³-hybridized carbons (Fsp3) is 0.211. The number of carbonyl (C=O) groups is 1. The van der Waals surface area contributed by atoms with Gasteiger partial charge in [0.05, 0.1) is 11.2 Å². The normalized spacial score (nSPS) is 11.3. The lowest BCUT2D eigenvalue weighted by atomic mass is 10.3. The molecule has 0 saturated carbocycles. The van der Waals surface area contributed by atoms with E-state index in [1.54, 1.807) is 18.2 Å². The zero-order valence-corrected chi connectivity index (χ0v) is 15.1. The van der Waals surface area contributed by atoms with E-state index in [0.29, 0.717) is 29.1 Å². The van der Waals surface area contributed by atoms with Gasteiger partial charge in [-0.2, -0.15) is 0 Å². The van der Waals surface area contributed by atoms with Crippen molar-refractivity contribution in [2.45, 2.75) is 19.4 Å². The molecular formula is C19H17ClN4O3. The molecular weight excluding hydrogens is 368 g/mol. The number of pyridine rings is 1. The van der Waals surface area contributed by atoms with Gasteiger partial charge in [-0.15, -0.1) is 0 Å². The Morgan fingerprint density at radius 2 is 2.15 bits per heavy atom. The van der Waals surface area contributed by atoms with Crippen LogP contribution < -0.4 is 11.1 Å². The third-order valence-electron chi connectivity index (χ3n) is 4.31. The average Bonchev–Trinajstić information content (AvgIpc) is 3.19. The number of rotatable bonds is 6. The zero-order chi connectivity index (χ0) is 18.8. The minimum atomic E-state index is -0.496. The van der Waals surface area contributed by atoms with Crippen molar-refractivity contribution in [2.24, 2.45) is 0 Å². The Hall–Kier alpha value is -3.06. The van der Waals surface area contributed by atoms with Crippen LogP contribution in [0.2, 0.25) is 5.02 Å².